The predicted molar refractivity (Wildman–Crippen MR) is 77.0 cm³/mol. The third-order valence-corrected chi connectivity index (χ3v) is 3.14. The summed E-state index contributed by atoms with van der Waals surface area (Å²) in [6.45, 7) is 5.58. The van der Waals surface area contributed by atoms with Crippen molar-refractivity contribution in [3.8, 4) is 0 Å². The van der Waals surface area contributed by atoms with Gasteiger partial charge in [0.25, 0.3) is 0 Å². The molecular weight excluding hydrogens is 256 g/mol. The van der Waals surface area contributed by atoms with Crippen molar-refractivity contribution in [3.63, 3.8) is 0 Å². The minimum atomic E-state index is -1.36. The minimum Gasteiger partial charge on any atom is -0.462 e. The van der Waals surface area contributed by atoms with E-state index in [9.17, 15) is 14.7 Å². The van der Waals surface area contributed by atoms with Crippen molar-refractivity contribution < 1.29 is 19.4 Å². The van der Waals surface area contributed by atoms with Gasteiger partial charge >= 0.3 is 5.97 Å². The van der Waals surface area contributed by atoms with Crippen LogP contribution in [0.25, 0.3) is 0 Å². The summed E-state index contributed by atoms with van der Waals surface area (Å²) in [5.74, 6) is -0.392. The van der Waals surface area contributed by atoms with Gasteiger partial charge in [0.05, 0.1) is 12.2 Å². The van der Waals surface area contributed by atoms with Crippen molar-refractivity contribution in [1.29, 1.82) is 0 Å². The summed E-state index contributed by atoms with van der Waals surface area (Å²) in [5.41, 5.74) is -0.702. The highest BCUT2D eigenvalue weighted by atomic mass is 16.5. The molecule has 0 aromatic rings. The Morgan fingerprint density at radius 2 is 1.95 bits per heavy atom. The number of aliphatic hydroxyl groups is 1. The van der Waals surface area contributed by atoms with Crippen molar-refractivity contribution in [2.75, 3.05) is 6.61 Å². The standard InChI is InChI=1S/C16H22O4/c1-12-5-4-6-13(2)14(17)7-9-16(3,19)10-8-15(18)20-11-12/h6-10,12,19H,4-5,11H2,1-3H3. The topological polar surface area (TPSA) is 63.6 Å². The quantitative estimate of drug-likeness (QED) is 0.691. The Bertz CT molecular complexity index is 455. The van der Waals surface area contributed by atoms with Crippen molar-refractivity contribution >= 4 is 11.8 Å². The second-order valence-corrected chi connectivity index (χ2v) is 5.46. The molecule has 0 amide bonds. The average Bonchev–Trinajstić information content (AvgIpc) is 2.39. The molecule has 0 spiro atoms. The first-order chi connectivity index (χ1) is 9.30. The van der Waals surface area contributed by atoms with Crippen LogP contribution in [0.3, 0.4) is 0 Å². The second-order valence-electron chi connectivity index (χ2n) is 5.46. The first kappa shape index (κ1) is 16.4. The lowest BCUT2D eigenvalue weighted by molar-refractivity contribution is -0.139. The minimum absolute atomic E-state index is 0.133. The van der Waals surface area contributed by atoms with Gasteiger partial charge in [-0.05, 0) is 56.4 Å². The molecule has 0 saturated carbocycles. The first-order valence-corrected chi connectivity index (χ1v) is 6.79. The summed E-state index contributed by atoms with van der Waals surface area (Å²) < 4.78 is 5.09. The van der Waals surface area contributed by atoms with E-state index in [1.54, 1.807) is 6.92 Å². The van der Waals surface area contributed by atoms with Crippen LogP contribution in [-0.2, 0) is 14.3 Å². The molecule has 0 radical (unpaired) electrons. The second kappa shape index (κ2) is 7.20. The van der Waals surface area contributed by atoms with Gasteiger partial charge in [-0.3, -0.25) is 4.79 Å². The zero-order valence-corrected chi connectivity index (χ0v) is 12.3. The van der Waals surface area contributed by atoms with Crippen LogP contribution < -0.4 is 0 Å². The van der Waals surface area contributed by atoms with Crippen LogP contribution in [0.15, 0.2) is 36.0 Å². The Morgan fingerprint density at radius 3 is 2.65 bits per heavy atom. The lowest BCUT2D eigenvalue weighted by Crippen LogP contribution is -2.19. The molecular formula is C16H22O4. The fraction of sp³-hybridized carbons (Fsp3) is 0.500. The molecule has 1 aliphatic heterocycles. The molecule has 20 heavy (non-hydrogen) atoms. The highest BCUT2D eigenvalue weighted by molar-refractivity contribution is 6.03. The fourth-order valence-corrected chi connectivity index (χ4v) is 1.71. The molecule has 0 fully saturated rings. The summed E-state index contributed by atoms with van der Waals surface area (Å²) in [7, 11) is 0. The summed E-state index contributed by atoms with van der Waals surface area (Å²) >= 11 is 0. The number of esters is 1. The smallest absolute Gasteiger partial charge is 0.330 e. The number of rotatable bonds is 0. The molecule has 2 atom stereocenters. The molecule has 1 N–H and O–H groups in total. The maximum atomic E-state index is 11.8. The number of carbonyl (C=O) groups is 2. The number of carbonyl (C=O) groups excluding carboxylic acids is 2. The Kier molecular flexibility index (Phi) is 5.89. The average molecular weight is 278 g/mol. The maximum absolute atomic E-state index is 11.8. The van der Waals surface area contributed by atoms with Gasteiger partial charge in [-0.15, -0.1) is 0 Å². The molecule has 0 bridgehead atoms. The van der Waals surface area contributed by atoms with Crippen molar-refractivity contribution in [2.45, 2.75) is 39.2 Å². The van der Waals surface area contributed by atoms with Gasteiger partial charge in [-0.2, -0.15) is 0 Å². The first-order valence-electron chi connectivity index (χ1n) is 6.79. The largest absolute Gasteiger partial charge is 0.462 e. The van der Waals surface area contributed by atoms with E-state index in [0.29, 0.717) is 12.2 Å². The third-order valence-electron chi connectivity index (χ3n) is 3.14. The lowest BCUT2D eigenvalue weighted by Gasteiger charge is -2.14. The van der Waals surface area contributed by atoms with Gasteiger partial charge in [0.15, 0.2) is 5.78 Å². The van der Waals surface area contributed by atoms with Gasteiger partial charge < -0.3 is 9.84 Å². The molecule has 2 unspecified atom stereocenters. The van der Waals surface area contributed by atoms with E-state index in [0.717, 1.165) is 12.8 Å². The maximum Gasteiger partial charge on any atom is 0.330 e. The zero-order valence-electron chi connectivity index (χ0n) is 12.3. The van der Waals surface area contributed by atoms with Gasteiger partial charge in [0.1, 0.15) is 0 Å². The van der Waals surface area contributed by atoms with Crippen LogP contribution in [0.5, 0.6) is 0 Å². The monoisotopic (exact) mass is 278 g/mol. The van der Waals surface area contributed by atoms with E-state index in [1.807, 2.05) is 13.0 Å². The molecule has 0 aliphatic carbocycles. The summed E-state index contributed by atoms with van der Waals surface area (Å²) in [6, 6.07) is 0. The fourth-order valence-electron chi connectivity index (χ4n) is 1.71. The van der Waals surface area contributed by atoms with Crippen molar-refractivity contribution in [2.24, 2.45) is 5.92 Å². The Hall–Kier alpha value is -1.68. The van der Waals surface area contributed by atoms with Gasteiger partial charge in [-0.25, -0.2) is 4.79 Å². The Balaban J connectivity index is 2.94. The van der Waals surface area contributed by atoms with E-state index in [4.69, 9.17) is 4.74 Å². The van der Waals surface area contributed by atoms with Crippen LogP contribution in [0.2, 0.25) is 0 Å². The van der Waals surface area contributed by atoms with Gasteiger partial charge in [0, 0.05) is 6.08 Å². The summed E-state index contributed by atoms with van der Waals surface area (Å²) in [4.78, 5) is 23.3. The number of hydrogen-bond acceptors (Lipinski definition) is 4. The molecule has 1 heterocycles. The molecule has 0 saturated heterocycles. The Morgan fingerprint density at radius 1 is 1.30 bits per heavy atom. The highest BCUT2D eigenvalue weighted by Crippen LogP contribution is 2.13. The molecule has 4 nitrogen and oxygen atoms in total. The van der Waals surface area contributed by atoms with E-state index in [-0.39, 0.29) is 11.7 Å². The van der Waals surface area contributed by atoms with E-state index < -0.39 is 11.6 Å². The van der Waals surface area contributed by atoms with Crippen LogP contribution in [0.1, 0.15) is 33.6 Å². The molecule has 0 aromatic carbocycles. The molecule has 1 rings (SSSR count). The van der Waals surface area contributed by atoms with E-state index >= 15 is 0 Å². The number of ether oxygens (including phenoxy) is 1. The number of hydrogen-bond donors (Lipinski definition) is 1. The van der Waals surface area contributed by atoms with Crippen LogP contribution in [0.4, 0.5) is 0 Å². The predicted octanol–water partition coefficient (Wildman–Crippen LogP) is 2.34. The van der Waals surface area contributed by atoms with Crippen LogP contribution in [-0.4, -0.2) is 29.1 Å². The zero-order chi connectivity index (χ0) is 15.2. The van der Waals surface area contributed by atoms with E-state index in [2.05, 4.69) is 0 Å². The number of allylic oxidation sites excluding steroid dienone is 3. The SMILES string of the molecule is CC1=CCCC(C)COC(=O)C=CC(C)(O)C=CC1=O. The Labute approximate surface area is 119 Å². The van der Waals surface area contributed by atoms with E-state index in [1.165, 1.54) is 31.2 Å². The molecule has 0 aromatic heterocycles. The van der Waals surface area contributed by atoms with Crippen molar-refractivity contribution in [3.05, 3.63) is 36.0 Å². The highest BCUT2D eigenvalue weighted by Gasteiger charge is 2.14. The lowest BCUT2D eigenvalue weighted by atomic mass is 10.0. The van der Waals surface area contributed by atoms with Crippen molar-refractivity contribution in [1.82, 2.24) is 0 Å². The molecule has 1 aliphatic rings. The van der Waals surface area contributed by atoms with Crippen LogP contribution in [0, 0.1) is 5.92 Å². The van der Waals surface area contributed by atoms with Crippen LogP contribution >= 0.6 is 0 Å². The number of cyclic esters (lactones) is 1. The molecule has 4 heteroatoms. The summed E-state index contributed by atoms with van der Waals surface area (Å²) in [6.07, 6.45) is 8.69. The van der Waals surface area contributed by atoms with Gasteiger partial charge in [-0.1, -0.05) is 13.0 Å². The number of ketones is 1. The third kappa shape index (κ3) is 5.97. The normalized spacial score (nSPS) is 29.6. The summed E-state index contributed by atoms with van der Waals surface area (Å²) in [5, 5.41) is 10.0. The van der Waals surface area contributed by atoms with Gasteiger partial charge in [0.2, 0.25) is 0 Å². The molecule has 110 valence electrons.